The van der Waals surface area contributed by atoms with E-state index >= 15 is 0 Å². The molecule has 1 fully saturated rings. The summed E-state index contributed by atoms with van der Waals surface area (Å²) in [5.74, 6) is 0.732. The number of carbonyl (C=O) groups excluding carboxylic acids is 1. The molecule has 0 aromatic heterocycles. The van der Waals surface area contributed by atoms with E-state index in [1.807, 2.05) is 25.1 Å². The predicted molar refractivity (Wildman–Crippen MR) is 88.8 cm³/mol. The maximum Gasteiger partial charge on any atom is 0.260 e. The number of hydrogen-bond acceptors (Lipinski definition) is 4. The molecule has 128 valence electrons. The maximum absolute atomic E-state index is 12.1. The Hall–Kier alpha value is -1.60. The molecule has 1 heterocycles. The lowest BCUT2D eigenvalue weighted by Crippen LogP contribution is -2.52. The van der Waals surface area contributed by atoms with Crippen LogP contribution in [0.3, 0.4) is 0 Å². The van der Waals surface area contributed by atoms with Crippen molar-refractivity contribution < 1.29 is 17.9 Å². The molecule has 1 saturated heterocycles. The van der Waals surface area contributed by atoms with Crippen molar-refractivity contribution in [3.05, 3.63) is 30.3 Å². The first-order valence-corrected chi connectivity index (χ1v) is 9.57. The lowest BCUT2D eigenvalue weighted by molar-refractivity contribution is -0.134. The first-order chi connectivity index (χ1) is 11.0. The van der Waals surface area contributed by atoms with Crippen molar-refractivity contribution in [1.82, 2.24) is 9.21 Å². The molecular weight excluding hydrogens is 316 g/mol. The summed E-state index contributed by atoms with van der Waals surface area (Å²) >= 11 is 0. The molecule has 0 atom stereocenters. The summed E-state index contributed by atoms with van der Waals surface area (Å²) in [5.41, 5.74) is 0. The van der Waals surface area contributed by atoms with E-state index in [4.69, 9.17) is 4.74 Å². The predicted octanol–water partition coefficient (Wildman–Crippen LogP) is 1.34. The molecule has 1 amide bonds. The van der Waals surface area contributed by atoms with Gasteiger partial charge in [-0.2, -0.15) is 4.31 Å². The van der Waals surface area contributed by atoms with Crippen molar-refractivity contribution in [1.29, 1.82) is 0 Å². The van der Waals surface area contributed by atoms with Gasteiger partial charge in [0.1, 0.15) is 5.75 Å². The van der Waals surface area contributed by atoms with Gasteiger partial charge in [-0.25, -0.2) is 8.42 Å². The number of ether oxygens (including phenoxy) is 1. The Morgan fingerprint density at radius 1 is 1.13 bits per heavy atom. The Balaban J connectivity index is 1.78. The molecule has 0 aliphatic carbocycles. The number of piperazine rings is 1. The van der Waals surface area contributed by atoms with Gasteiger partial charge >= 0.3 is 0 Å². The zero-order valence-corrected chi connectivity index (χ0v) is 14.3. The fraction of sp³-hybridized carbons (Fsp3) is 0.562. The highest BCUT2D eigenvalue weighted by Gasteiger charge is 2.28. The molecule has 0 bridgehead atoms. The van der Waals surface area contributed by atoms with Crippen LogP contribution in [0.2, 0.25) is 0 Å². The van der Waals surface area contributed by atoms with Crippen LogP contribution in [0, 0.1) is 0 Å². The van der Waals surface area contributed by atoms with Gasteiger partial charge in [-0.3, -0.25) is 4.79 Å². The summed E-state index contributed by atoms with van der Waals surface area (Å²) in [4.78, 5) is 13.8. The molecule has 1 aliphatic heterocycles. The van der Waals surface area contributed by atoms with E-state index in [1.165, 1.54) is 4.31 Å². The van der Waals surface area contributed by atoms with Crippen molar-refractivity contribution in [3.63, 3.8) is 0 Å². The van der Waals surface area contributed by atoms with Crippen LogP contribution in [0.25, 0.3) is 0 Å². The van der Waals surface area contributed by atoms with Gasteiger partial charge in [-0.1, -0.05) is 31.5 Å². The zero-order valence-electron chi connectivity index (χ0n) is 13.5. The van der Waals surface area contributed by atoms with Crippen molar-refractivity contribution >= 4 is 15.9 Å². The number of benzene rings is 1. The van der Waals surface area contributed by atoms with E-state index in [9.17, 15) is 13.2 Å². The summed E-state index contributed by atoms with van der Waals surface area (Å²) in [6, 6.07) is 9.17. The third-order valence-electron chi connectivity index (χ3n) is 3.85. The summed E-state index contributed by atoms with van der Waals surface area (Å²) in [6.07, 6.45) is 1.53. The Bertz CT molecular complexity index is 596. The molecule has 2 rings (SSSR count). The van der Waals surface area contributed by atoms with Crippen molar-refractivity contribution in [3.8, 4) is 5.75 Å². The zero-order chi connectivity index (χ0) is 16.7. The smallest absolute Gasteiger partial charge is 0.260 e. The minimum Gasteiger partial charge on any atom is -0.484 e. The molecular formula is C16H24N2O4S. The number of nitrogens with zero attached hydrogens (tertiary/aromatic N) is 2. The first kappa shape index (κ1) is 17.7. The average molecular weight is 340 g/mol. The number of hydrogen-bond donors (Lipinski definition) is 0. The van der Waals surface area contributed by atoms with Gasteiger partial charge in [-0.15, -0.1) is 0 Å². The molecule has 0 unspecified atom stereocenters. The number of rotatable bonds is 7. The van der Waals surface area contributed by atoms with E-state index in [1.54, 1.807) is 17.0 Å². The standard InChI is InChI=1S/C16H24N2O4S/c1-2-3-13-23(20,21)18-11-9-17(10-12-18)16(19)14-22-15-7-5-4-6-8-15/h4-8H,2-3,9-14H2,1H3. The van der Waals surface area contributed by atoms with E-state index in [0.717, 1.165) is 6.42 Å². The number of unbranched alkanes of at least 4 members (excludes halogenated alkanes) is 1. The highest BCUT2D eigenvalue weighted by molar-refractivity contribution is 7.89. The van der Waals surface area contributed by atoms with Gasteiger partial charge in [-0.05, 0) is 18.6 Å². The molecule has 1 aliphatic rings. The van der Waals surface area contributed by atoms with Gasteiger partial charge in [0.2, 0.25) is 10.0 Å². The quantitative estimate of drug-likeness (QED) is 0.751. The summed E-state index contributed by atoms with van der Waals surface area (Å²) in [7, 11) is -3.19. The van der Waals surface area contributed by atoms with Gasteiger partial charge in [0.25, 0.3) is 5.91 Å². The number of amides is 1. The molecule has 23 heavy (non-hydrogen) atoms. The van der Waals surface area contributed by atoms with Crippen LogP contribution in [0.1, 0.15) is 19.8 Å². The van der Waals surface area contributed by atoms with E-state index in [-0.39, 0.29) is 18.3 Å². The minimum atomic E-state index is -3.19. The van der Waals surface area contributed by atoms with Crippen molar-refractivity contribution in [2.75, 3.05) is 38.5 Å². The van der Waals surface area contributed by atoms with Crippen LogP contribution >= 0.6 is 0 Å². The van der Waals surface area contributed by atoms with Crippen LogP contribution in [0.4, 0.5) is 0 Å². The number of para-hydroxylation sites is 1. The second-order valence-electron chi connectivity index (χ2n) is 5.55. The fourth-order valence-electron chi connectivity index (χ4n) is 2.42. The van der Waals surface area contributed by atoms with Crippen molar-refractivity contribution in [2.24, 2.45) is 0 Å². The van der Waals surface area contributed by atoms with Gasteiger partial charge < -0.3 is 9.64 Å². The monoisotopic (exact) mass is 340 g/mol. The number of sulfonamides is 1. The summed E-state index contributed by atoms with van der Waals surface area (Å²) in [5, 5.41) is 0. The average Bonchev–Trinajstić information content (AvgIpc) is 2.59. The highest BCUT2D eigenvalue weighted by Crippen LogP contribution is 2.12. The fourth-order valence-corrected chi connectivity index (χ4v) is 4.06. The number of carbonyl (C=O) groups is 1. The molecule has 0 spiro atoms. The minimum absolute atomic E-state index is 0.0212. The normalized spacial score (nSPS) is 16.3. The Kier molecular flexibility index (Phi) is 6.41. The molecule has 0 saturated carbocycles. The maximum atomic E-state index is 12.1. The summed E-state index contributed by atoms with van der Waals surface area (Å²) < 4.78 is 31.2. The van der Waals surface area contributed by atoms with Gasteiger partial charge in [0.05, 0.1) is 5.75 Å². The molecule has 6 nitrogen and oxygen atoms in total. The van der Waals surface area contributed by atoms with Crippen LogP contribution in [-0.2, 0) is 14.8 Å². The molecule has 0 N–H and O–H groups in total. The second kappa shape index (κ2) is 8.31. The summed E-state index contributed by atoms with van der Waals surface area (Å²) in [6.45, 7) is 3.52. The first-order valence-electron chi connectivity index (χ1n) is 7.96. The van der Waals surface area contributed by atoms with Gasteiger partial charge in [0, 0.05) is 26.2 Å². The molecule has 0 radical (unpaired) electrons. The third kappa shape index (κ3) is 5.21. The lowest BCUT2D eigenvalue weighted by Gasteiger charge is -2.34. The highest BCUT2D eigenvalue weighted by atomic mass is 32.2. The van der Waals surface area contributed by atoms with Crippen molar-refractivity contribution in [2.45, 2.75) is 19.8 Å². The lowest BCUT2D eigenvalue weighted by atomic mass is 10.3. The van der Waals surface area contributed by atoms with Crippen LogP contribution in [0.15, 0.2) is 30.3 Å². The van der Waals surface area contributed by atoms with Gasteiger partial charge in [0.15, 0.2) is 6.61 Å². The van der Waals surface area contributed by atoms with E-state index < -0.39 is 10.0 Å². The Morgan fingerprint density at radius 2 is 1.78 bits per heavy atom. The second-order valence-corrected chi connectivity index (χ2v) is 7.64. The van der Waals surface area contributed by atoms with Crippen LogP contribution in [-0.4, -0.2) is 62.1 Å². The topological polar surface area (TPSA) is 66.9 Å². The largest absolute Gasteiger partial charge is 0.484 e. The third-order valence-corrected chi connectivity index (χ3v) is 5.80. The van der Waals surface area contributed by atoms with Crippen LogP contribution < -0.4 is 4.74 Å². The van der Waals surface area contributed by atoms with E-state index in [0.29, 0.717) is 38.3 Å². The molecule has 7 heteroatoms. The molecule has 1 aromatic rings. The Labute approximate surface area is 138 Å². The SMILES string of the molecule is CCCCS(=O)(=O)N1CCN(C(=O)COc2ccccc2)CC1. The van der Waals surface area contributed by atoms with E-state index in [2.05, 4.69) is 0 Å². The molecule has 1 aromatic carbocycles. The van der Waals surface area contributed by atoms with Crippen LogP contribution in [0.5, 0.6) is 5.75 Å². The Morgan fingerprint density at radius 3 is 2.39 bits per heavy atom.